The molecule has 0 amide bonds. The molecule has 0 saturated carbocycles. The highest BCUT2D eigenvalue weighted by atomic mass is 35.5. The largest absolute Gasteiger partial charge is 0.369 e. The first-order valence-electron chi connectivity index (χ1n) is 6.15. The van der Waals surface area contributed by atoms with Gasteiger partial charge in [0.25, 0.3) is 0 Å². The van der Waals surface area contributed by atoms with Crippen LogP contribution in [-0.2, 0) is 0 Å². The summed E-state index contributed by atoms with van der Waals surface area (Å²) in [6.07, 6.45) is 0. The lowest BCUT2D eigenvalue weighted by atomic mass is 10.1. The van der Waals surface area contributed by atoms with Crippen molar-refractivity contribution in [2.75, 3.05) is 5.73 Å². The molecule has 1 heterocycles. The van der Waals surface area contributed by atoms with Gasteiger partial charge >= 0.3 is 0 Å². The second kappa shape index (κ2) is 4.59. The molecule has 0 aliphatic rings. The molecule has 1 unspecified atom stereocenters. The summed E-state index contributed by atoms with van der Waals surface area (Å²) in [5.41, 5.74) is 9.07. The van der Waals surface area contributed by atoms with Crippen LogP contribution in [0.4, 0.5) is 5.95 Å². The summed E-state index contributed by atoms with van der Waals surface area (Å²) in [6.45, 7) is 2.11. The molecule has 0 aliphatic carbocycles. The monoisotopic (exact) mass is 271 g/mol. The zero-order valence-corrected chi connectivity index (χ0v) is 11.3. The number of hydrogen-bond donors (Lipinski definition) is 1. The fourth-order valence-corrected chi connectivity index (χ4v) is 2.54. The Morgan fingerprint density at radius 1 is 1.16 bits per heavy atom. The molecule has 2 aromatic carbocycles. The second-order valence-electron chi connectivity index (χ2n) is 4.56. The molecule has 0 radical (unpaired) electrons. The van der Waals surface area contributed by atoms with E-state index in [1.165, 1.54) is 5.56 Å². The molecule has 3 nitrogen and oxygen atoms in total. The summed E-state index contributed by atoms with van der Waals surface area (Å²) in [7, 11) is 0. The van der Waals surface area contributed by atoms with Gasteiger partial charge in [-0.3, -0.25) is 0 Å². The van der Waals surface area contributed by atoms with Gasteiger partial charge in [0.05, 0.1) is 17.1 Å². The van der Waals surface area contributed by atoms with Crippen LogP contribution in [0.15, 0.2) is 48.5 Å². The van der Waals surface area contributed by atoms with E-state index in [1.807, 2.05) is 41.0 Å². The molecule has 1 aromatic heterocycles. The summed E-state index contributed by atoms with van der Waals surface area (Å²) >= 11 is 5.99. The highest BCUT2D eigenvalue weighted by Crippen LogP contribution is 2.28. The molecule has 2 N–H and O–H groups in total. The Labute approximate surface area is 116 Å². The molecular formula is C15H14ClN3. The van der Waals surface area contributed by atoms with E-state index in [4.69, 9.17) is 17.3 Å². The van der Waals surface area contributed by atoms with E-state index in [1.54, 1.807) is 0 Å². The lowest BCUT2D eigenvalue weighted by molar-refractivity contribution is 0.668. The summed E-state index contributed by atoms with van der Waals surface area (Å²) < 4.78 is 2.03. The van der Waals surface area contributed by atoms with Crippen LogP contribution in [0.5, 0.6) is 0 Å². The van der Waals surface area contributed by atoms with Gasteiger partial charge in [-0.2, -0.15) is 0 Å². The van der Waals surface area contributed by atoms with Gasteiger partial charge in [-0.1, -0.05) is 41.9 Å². The van der Waals surface area contributed by atoms with Crippen molar-refractivity contribution in [2.45, 2.75) is 13.0 Å². The Morgan fingerprint density at radius 3 is 2.63 bits per heavy atom. The van der Waals surface area contributed by atoms with Crippen molar-refractivity contribution >= 4 is 28.6 Å². The minimum absolute atomic E-state index is 0.132. The smallest absolute Gasteiger partial charge is 0.201 e. The van der Waals surface area contributed by atoms with Crippen LogP contribution in [0.25, 0.3) is 11.0 Å². The van der Waals surface area contributed by atoms with E-state index >= 15 is 0 Å². The Hall–Kier alpha value is -2.00. The van der Waals surface area contributed by atoms with Crippen LogP contribution in [0, 0.1) is 0 Å². The van der Waals surface area contributed by atoms with Gasteiger partial charge in [0, 0.05) is 5.02 Å². The van der Waals surface area contributed by atoms with E-state index in [9.17, 15) is 0 Å². The SMILES string of the molecule is CC(c1ccccc1)n1c(N)nc2cc(Cl)ccc21. The fourth-order valence-electron chi connectivity index (χ4n) is 2.38. The van der Waals surface area contributed by atoms with Crippen LogP contribution in [0.2, 0.25) is 5.02 Å². The first kappa shape index (κ1) is 12.1. The molecule has 3 aromatic rings. The quantitative estimate of drug-likeness (QED) is 0.769. The molecule has 0 fully saturated rings. The number of halogens is 1. The number of nitrogens with zero attached hydrogens (tertiary/aromatic N) is 2. The third-order valence-electron chi connectivity index (χ3n) is 3.35. The minimum atomic E-state index is 0.132. The standard InChI is InChI=1S/C15H14ClN3/c1-10(11-5-3-2-4-6-11)19-14-8-7-12(16)9-13(14)18-15(19)17/h2-10H,1H3,(H2,17,18). The van der Waals surface area contributed by atoms with Crippen LogP contribution >= 0.6 is 11.6 Å². The van der Waals surface area contributed by atoms with Crippen molar-refractivity contribution in [3.05, 3.63) is 59.1 Å². The van der Waals surface area contributed by atoms with E-state index in [2.05, 4.69) is 24.0 Å². The van der Waals surface area contributed by atoms with Gasteiger partial charge in [0.2, 0.25) is 5.95 Å². The second-order valence-corrected chi connectivity index (χ2v) is 5.00. The van der Waals surface area contributed by atoms with Crippen LogP contribution in [0.1, 0.15) is 18.5 Å². The highest BCUT2D eigenvalue weighted by Gasteiger charge is 2.15. The van der Waals surface area contributed by atoms with E-state index in [0.717, 1.165) is 11.0 Å². The topological polar surface area (TPSA) is 43.8 Å². The average molecular weight is 272 g/mol. The van der Waals surface area contributed by atoms with Crippen molar-refractivity contribution < 1.29 is 0 Å². The normalized spacial score (nSPS) is 12.7. The summed E-state index contributed by atoms with van der Waals surface area (Å²) in [6, 6.07) is 16.0. The van der Waals surface area contributed by atoms with E-state index in [0.29, 0.717) is 11.0 Å². The fraction of sp³-hybridized carbons (Fsp3) is 0.133. The van der Waals surface area contributed by atoms with Crippen molar-refractivity contribution in [3.8, 4) is 0 Å². The Morgan fingerprint density at radius 2 is 1.89 bits per heavy atom. The molecule has 0 saturated heterocycles. The third-order valence-corrected chi connectivity index (χ3v) is 3.58. The average Bonchev–Trinajstić information content (AvgIpc) is 2.74. The van der Waals surface area contributed by atoms with Gasteiger partial charge in [0.1, 0.15) is 0 Å². The van der Waals surface area contributed by atoms with Gasteiger partial charge in [-0.05, 0) is 30.7 Å². The van der Waals surface area contributed by atoms with Crippen LogP contribution < -0.4 is 5.73 Å². The third kappa shape index (κ3) is 2.06. The maximum absolute atomic E-state index is 6.05. The van der Waals surface area contributed by atoms with E-state index < -0.39 is 0 Å². The zero-order valence-electron chi connectivity index (χ0n) is 10.5. The Kier molecular flexibility index (Phi) is 2.91. The van der Waals surface area contributed by atoms with E-state index in [-0.39, 0.29) is 6.04 Å². The van der Waals surface area contributed by atoms with Gasteiger partial charge in [-0.25, -0.2) is 4.98 Å². The van der Waals surface area contributed by atoms with Crippen molar-refractivity contribution in [1.82, 2.24) is 9.55 Å². The minimum Gasteiger partial charge on any atom is -0.369 e. The number of rotatable bonds is 2. The number of benzene rings is 2. The molecule has 0 aliphatic heterocycles. The maximum Gasteiger partial charge on any atom is 0.201 e. The van der Waals surface area contributed by atoms with Gasteiger partial charge < -0.3 is 10.3 Å². The molecule has 96 valence electrons. The zero-order chi connectivity index (χ0) is 13.4. The number of nitrogen functional groups attached to an aromatic ring is 1. The van der Waals surface area contributed by atoms with Crippen LogP contribution in [0.3, 0.4) is 0 Å². The van der Waals surface area contributed by atoms with Crippen molar-refractivity contribution in [1.29, 1.82) is 0 Å². The molecule has 1 atom stereocenters. The summed E-state index contributed by atoms with van der Waals surface area (Å²) in [4.78, 5) is 4.38. The molecule has 3 rings (SSSR count). The molecular weight excluding hydrogens is 258 g/mol. The Bertz CT molecular complexity index is 719. The number of aromatic nitrogens is 2. The summed E-state index contributed by atoms with van der Waals surface area (Å²) in [5.74, 6) is 0.508. The number of anilines is 1. The predicted octanol–water partition coefficient (Wildman–Crippen LogP) is 3.88. The van der Waals surface area contributed by atoms with Gasteiger partial charge in [0.15, 0.2) is 0 Å². The highest BCUT2D eigenvalue weighted by molar-refractivity contribution is 6.31. The molecule has 0 spiro atoms. The van der Waals surface area contributed by atoms with Crippen molar-refractivity contribution in [2.24, 2.45) is 0 Å². The first-order chi connectivity index (χ1) is 9.16. The first-order valence-corrected chi connectivity index (χ1v) is 6.52. The molecule has 4 heteroatoms. The number of imidazole rings is 1. The number of fused-ring (bicyclic) bond motifs is 1. The number of hydrogen-bond acceptors (Lipinski definition) is 2. The molecule has 0 bridgehead atoms. The molecule has 19 heavy (non-hydrogen) atoms. The van der Waals surface area contributed by atoms with Crippen LogP contribution in [-0.4, -0.2) is 9.55 Å². The lowest BCUT2D eigenvalue weighted by Gasteiger charge is -2.16. The lowest BCUT2D eigenvalue weighted by Crippen LogP contribution is -2.09. The number of nitrogens with two attached hydrogens (primary N) is 1. The maximum atomic E-state index is 6.05. The van der Waals surface area contributed by atoms with Crippen molar-refractivity contribution in [3.63, 3.8) is 0 Å². The van der Waals surface area contributed by atoms with Gasteiger partial charge in [-0.15, -0.1) is 0 Å². The predicted molar refractivity (Wildman–Crippen MR) is 79.4 cm³/mol. The summed E-state index contributed by atoms with van der Waals surface area (Å²) in [5, 5.41) is 0.671. The Balaban J connectivity index is 2.17.